The van der Waals surface area contributed by atoms with Crippen molar-refractivity contribution in [2.75, 3.05) is 5.73 Å². The van der Waals surface area contributed by atoms with Crippen molar-refractivity contribution in [3.8, 4) is 5.69 Å². The second kappa shape index (κ2) is 3.42. The summed E-state index contributed by atoms with van der Waals surface area (Å²) in [5.41, 5.74) is 6.46. The molecule has 0 aliphatic rings. The third-order valence-corrected chi connectivity index (χ3v) is 2.44. The van der Waals surface area contributed by atoms with Crippen LogP contribution in [-0.4, -0.2) is 9.78 Å². The third kappa shape index (κ3) is 1.50. The van der Waals surface area contributed by atoms with Crippen LogP contribution in [0.15, 0.2) is 34.9 Å². The first-order valence-electron chi connectivity index (χ1n) is 3.93. The Bertz CT molecular complexity index is 450. The predicted molar refractivity (Wildman–Crippen MR) is 55.6 cm³/mol. The average molecular weight is 256 g/mol. The van der Waals surface area contributed by atoms with Gasteiger partial charge < -0.3 is 5.73 Å². The van der Waals surface area contributed by atoms with E-state index in [-0.39, 0.29) is 5.82 Å². The van der Waals surface area contributed by atoms with E-state index in [0.717, 1.165) is 10.2 Å². The molecule has 0 aliphatic carbocycles. The number of halogens is 2. The second-order valence-corrected chi connectivity index (χ2v) is 3.62. The van der Waals surface area contributed by atoms with Crippen molar-refractivity contribution in [3.05, 3.63) is 40.8 Å². The number of aromatic nitrogens is 2. The first kappa shape index (κ1) is 9.21. The highest BCUT2D eigenvalue weighted by Crippen LogP contribution is 2.21. The summed E-state index contributed by atoms with van der Waals surface area (Å²) in [6.45, 7) is 0. The molecule has 0 fully saturated rings. The van der Waals surface area contributed by atoms with E-state index >= 15 is 0 Å². The first-order valence-corrected chi connectivity index (χ1v) is 4.73. The number of rotatable bonds is 1. The Kier molecular flexibility index (Phi) is 2.25. The molecule has 0 spiro atoms. The van der Waals surface area contributed by atoms with Crippen LogP contribution >= 0.6 is 15.9 Å². The molecule has 0 bridgehead atoms. The molecule has 2 rings (SSSR count). The van der Waals surface area contributed by atoms with Crippen LogP contribution in [0.5, 0.6) is 0 Å². The molecule has 72 valence electrons. The molecule has 2 N–H and O–H groups in total. The van der Waals surface area contributed by atoms with Crippen LogP contribution < -0.4 is 5.73 Å². The fourth-order valence-corrected chi connectivity index (χ4v) is 1.39. The van der Waals surface area contributed by atoms with Gasteiger partial charge in [-0.15, -0.1) is 0 Å². The summed E-state index contributed by atoms with van der Waals surface area (Å²) in [6, 6.07) is 5.96. The zero-order valence-corrected chi connectivity index (χ0v) is 8.70. The van der Waals surface area contributed by atoms with Crippen LogP contribution in [0.4, 0.5) is 10.2 Å². The number of benzene rings is 1. The third-order valence-electron chi connectivity index (χ3n) is 1.83. The highest BCUT2D eigenvalue weighted by molar-refractivity contribution is 9.10. The molecule has 0 atom stereocenters. The van der Waals surface area contributed by atoms with Crippen molar-refractivity contribution in [3.63, 3.8) is 0 Å². The van der Waals surface area contributed by atoms with Crippen molar-refractivity contribution in [1.29, 1.82) is 0 Å². The number of nitrogens with two attached hydrogens (primary N) is 1. The van der Waals surface area contributed by atoms with Crippen LogP contribution in [0.1, 0.15) is 0 Å². The van der Waals surface area contributed by atoms with Crippen molar-refractivity contribution < 1.29 is 4.39 Å². The standard InChI is InChI=1S/C9H7BrFN3/c10-8-5-13-14(9(8)12)7-3-1-6(11)2-4-7/h1-5H,12H2. The Hall–Kier alpha value is -1.36. The number of hydrogen-bond donors (Lipinski definition) is 1. The van der Waals surface area contributed by atoms with Gasteiger partial charge in [-0.3, -0.25) is 0 Å². The summed E-state index contributed by atoms with van der Waals surface area (Å²) in [7, 11) is 0. The molecule has 3 nitrogen and oxygen atoms in total. The molecular formula is C9H7BrFN3. The van der Waals surface area contributed by atoms with E-state index in [0.29, 0.717) is 5.82 Å². The molecule has 1 aromatic heterocycles. The number of nitrogens with zero attached hydrogens (tertiary/aromatic N) is 2. The maximum Gasteiger partial charge on any atom is 0.141 e. The van der Waals surface area contributed by atoms with Crippen molar-refractivity contribution in [2.24, 2.45) is 0 Å². The van der Waals surface area contributed by atoms with E-state index in [1.165, 1.54) is 16.8 Å². The van der Waals surface area contributed by atoms with Crippen LogP contribution in [-0.2, 0) is 0 Å². The van der Waals surface area contributed by atoms with E-state index in [1.54, 1.807) is 18.3 Å². The minimum atomic E-state index is -0.279. The quantitative estimate of drug-likeness (QED) is 0.851. The molecule has 14 heavy (non-hydrogen) atoms. The van der Waals surface area contributed by atoms with Crippen molar-refractivity contribution >= 4 is 21.7 Å². The molecule has 0 amide bonds. The fraction of sp³-hybridized carbons (Fsp3) is 0. The lowest BCUT2D eigenvalue weighted by molar-refractivity contribution is 0.627. The van der Waals surface area contributed by atoms with E-state index < -0.39 is 0 Å². The summed E-state index contributed by atoms with van der Waals surface area (Å²) in [6.07, 6.45) is 1.60. The largest absolute Gasteiger partial charge is 0.383 e. The molecular weight excluding hydrogens is 249 g/mol. The van der Waals surface area contributed by atoms with E-state index in [4.69, 9.17) is 5.73 Å². The highest BCUT2D eigenvalue weighted by atomic mass is 79.9. The van der Waals surface area contributed by atoms with Crippen LogP contribution in [0, 0.1) is 5.82 Å². The summed E-state index contributed by atoms with van der Waals surface area (Å²) in [4.78, 5) is 0. The van der Waals surface area contributed by atoms with Crippen molar-refractivity contribution in [2.45, 2.75) is 0 Å². The summed E-state index contributed by atoms with van der Waals surface area (Å²) < 4.78 is 14.9. The molecule has 0 saturated carbocycles. The summed E-state index contributed by atoms with van der Waals surface area (Å²) >= 11 is 3.25. The lowest BCUT2D eigenvalue weighted by atomic mass is 10.3. The maximum atomic E-state index is 12.6. The van der Waals surface area contributed by atoms with Gasteiger partial charge in [0, 0.05) is 0 Å². The Morgan fingerprint density at radius 2 is 1.93 bits per heavy atom. The van der Waals surface area contributed by atoms with Crippen LogP contribution in [0.25, 0.3) is 5.69 Å². The SMILES string of the molecule is Nc1c(Br)cnn1-c1ccc(F)cc1. The van der Waals surface area contributed by atoms with E-state index in [9.17, 15) is 4.39 Å². The van der Waals surface area contributed by atoms with Gasteiger partial charge in [0.05, 0.1) is 16.4 Å². The average Bonchev–Trinajstić information content (AvgIpc) is 2.50. The lowest BCUT2D eigenvalue weighted by Crippen LogP contribution is -2.01. The molecule has 0 aliphatic heterocycles. The number of anilines is 1. The van der Waals surface area contributed by atoms with Crippen LogP contribution in [0.2, 0.25) is 0 Å². The molecule has 0 unspecified atom stereocenters. The smallest absolute Gasteiger partial charge is 0.141 e. The fourth-order valence-electron chi connectivity index (χ4n) is 1.13. The Labute approximate surface area is 88.5 Å². The van der Waals surface area contributed by atoms with Gasteiger partial charge >= 0.3 is 0 Å². The molecule has 0 saturated heterocycles. The summed E-state index contributed by atoms with van der Waals surface area (Å²) in [5, 5.41) is 4.04. The first-order chi connectivity index (χ1) is 6.68. The van der Waals surface area contributed by atoms with Gasteiger partial charge in [-0.25, -0.2) is 9.07 Å². The number of nitrogen functional groups attached to an aromatic ring is 1. The molecule has 1 heterocycles. The molecule has 1 aromatic carbocycles. The Balaban J connectivity index is 2.49. The van der Waals surface area contributed by atoms with Gasteiger partial charge in [0.25, 0.3) is 0 Å². The van der Waals surface area contributed by atoms with Gasteiger partial charge in [0.2, 0.25) is 0 Å². The van der Waals surface area contributed by atoms with Crippen LogP contribution in [0.3, 0.4) is 0 Å². The zero-order valence-electron chi connectivity index (χ0n) is 7.11. The topological polar surface area (TPSA) is 43.8 Å². The minimum Gasteiger partial charge on any atom is -0.383 e. The number of hydrogen-bond acceptors (Lipinski definition) is 2. The maximum absolute atomic E-state index is 12.6. The predicted octanol–water partition coefficient (Wildman–Crippen LogP) is 2.36. The van der Waals surface area contributed by atoms with Gasteiger partial charge in [0.1, 0.15) is 11.6 Å². The molecule has 5 heteroatoms. The van der Waals surface area contributed by atoms with Gasteiger partial charge in [-0.1, -0.05) is 0 Å². The molecule has 2 aromatic rings. The van der Waals surface area contributed by atoms with E-state index in [1.807, 2.05) is 0 Å². The normalized spacial score (nSPS) is 10.4. The van der Waals surface area contributed by atoms with Gasteiger partial charge in [0.15, 0.2) is 0 Å². The van der Waals surface area contributed by atoms with Gasteiger partial charge in [-0.05, 0) is 40.2 Å². The minimum absolute atomic E-state index is 0.279. The molecule has 0 radical (unpaired) electrons. The monoisotopic (exact) mass is 255 g/mol. The Morgan fingerprint density at radius 3 is 2.43 bits per heavy atom. The second-order valence-electron chi connectivity index (χ2n) is 2.77. The van der Waals surface area contributed by atoms with E-state index in [2.05, 4.69) is 21.0 Å². The summed E-state index contributed by atoms with van der Waals surface area (Å²) in [5.74, 6) is 0.218. The Morgan fingerprint density at radius 1 is 1.29 bits per heavy atom. The zero-order chi connectivity index (χ0) is 10.1. The van der Waals surface area contributed by atoms with Gasteiger partial charge in [-0.2, -0.15) is 5.10 Å². The highest BCUT2D eigenvalue weighted by Gasteiger charge is 2.05. The van der Waals surface area contributed by atoms with Crippen molar-refractivity contribution in [1.82, 2.24) is 9.78 Å². The lowest BCUT2D eigenvalue weighted by Gasteiger charge is -2.03.